The lowest BCUT2D eigenvalue weighted by molar-refractivity contribution is -0.0481. The summed E-state index contributed by atoms with van der Waals surface area (Å²) in [6, 6.07) is 12.3. The van der Waals surface area contributed by atoms with Gasteiger partial charge in [0.05, 0.1) is 6.61 Å². The first kappa shape index (κ1) is 16.0. The van der Waals surface area contributed by atoms with Crippen molar-refractivity contribution in [2.45, 2.75) is 13.3 Å². The van der Waals surface area contributed by atoms with Crippen LogP contribution in [0.3, 0.4) is 0 Å². The van der Waals surface area contributed by atoms with Gasteiger partial charge in [0.1, 0.15) is 12.6 Å². The molecule has 0 unspecified atom stereocenters. The van der Waals surface area contributed by atoms with Crippen molar-refractivity contribution in [3.8, 4) is 11.1 Å². The number of hydrogen-bond donors (Lipinski definition) is 0. The van der Waals surface area contributed by atoms with Gasteiger partial charge in [-0.3, -0.25) is 0 Å². The molecule has 2 nitrogen and oxygen atoms in total. The fourth-order valence-electron chi connectivity index (χ4n) is 1.96. The first-order valence-electron chi connectivity index (χ1n) is 6.90. The first-order chi connectivity index (χ1) is 10.2. The predicted octanol–water partition coefficient (Wildman–Crippen LogP) is 4.70. The summed E-state index contributed by atoms with van der Waals surface area (Å²) < 4.78 is 24.2. The van der Waals surface area contributed by atoms with Gasteiger partial charge < -0.3 is 9.47 Å². The van der Waals surface area contributed by atoms with E-state index in [0.717, 1.165) is 17.5 Å². The lowest BCUT2D eigenvalue weighted by Crippen LogP contribution is -2.03. The third-order valence-corrected chi connectivity index (χ3v) is 3.33. The third-order valence-electron chi connectivity index (χ3n) is 3.10. The molecule has 0 aliphatic rings. The van der Waals surface area contributed by atoms with Crippen molar-refractivity contribution in [1.82, 2.24) is 0 Å². The van der Waals surface area contributed by atoms with Crippen LogP contribution in [-0.2, 0) is 15.9 Å². The van der Waals surface area contributed by atoms with Gasteiger partial charge in [0.2, 0.25) is 0 Å². The van der Waals surface area contributed by atoms with Crippen molar-refractivity contribution < 1.29 is 13.9 Å². The van der Waals surface area contributed by atoms with E-state index in [0.29, 0.717) is 30.6 Å². The van der Waals surface area contributed by atoms with Crippen LogP contribution >= 0.6 is 11.6 Å². The Morgan fingerprint density at radius 3 is 2.52 bits per heavy atom. The highest BCUT2D eigenvalue weighted by Gasteiger charge is 2.05. The van der Waals surface area contributed by atoms with E-state index in [4.69, 9.17) is 21.1 Å². The van der Waals surface area contributed by atoms with Crippen molar-refractivity contribution in [3.05, 3.63) is 58.9 Å². The van der Waals surface area contributed by atoms with E-state index in [2.05, 4.69) is 0 Å². The minimum atomic E-state index is -0.271. The maximum absolute atomic E-state index is 13.8. The molecule has 0 saturated carbocycles. The summed E-state index contributed by atoms with van der Waals surface area (Å²) >= 11 is 5.91. The van der Waals surface area contributed by atoms with Crippen molar-refractivity contribution in [3.63, 3.8) is 0 Å². The highest BCUT2D eigenvalue weighted by molar-refractivity contribution is 6.30. The molecule has 0 spiro atoms. The summed E-state index contributed by atoms with van der Waals surface area (Å²) in [6.45, 7) is 3.50. The van der Waals surface area contributed by atoms with Crippen molar-refractivity contribution in [2.24, 2.45) is 0 Å². The molecule has 0 aromatic heterocycles. The number of benzene rings is 2. The van der Waals surface area contributed by atoms with Gasteiger partial charge in [-0.15, -0.1) is 0 Å². The summed E-state index contributed by atoms with van der Waals surface area (Å²) in [7, 11) is 0. The fraction of sp³-hybridized carbons (Fsp3) is 0.294. The molecule has 4 heteroatoms. The van der Waals surface area contributed by atoms with Gasteiger partial charge in [-0.25, -0.2) is 4.39 Å². The second-order valence-electron chi connectivity index (χ2n) is 4.59. The summed E-state index contributed by atoms with van der Waals surface area (Å²) in [6.07, 6.45) is 0.797. The summed E-state index contributed by atoms with van der Waals surface area (Å²) in [5.74, 6) is -0.271. The molecule has 21 heavy (non-hydrogen) atoms. The average Bonchev–Trinajstić information content (AvgIpc) is 2.50. The molecule has 0 saturated heterocycles. The van der Waals surface area contributed by atoms with Gasteiger partial charge in [-0.2, -0.15) is 0 Å². The molecule has 2 aromatic rings. The number of hydrogen-bond acceptors (Lipinski definition) is 2. The van der Waals surface area contributed by atoms with Crippen LogP contribution in [-0.4, -0.2) is 20.0 Å². The quantitative estimate of drug-likeness (QED) is 0.545. The van der Waals surface area contributed by atoms with Crippen LogP contribution in [0.15, 0.2) is 42.5 Å². The van der Waals surface area contributed by atoms with Crippen LogP contribution in [0.4, 0.5) is 4.39 Å². The van der Waals surface area contributed by atoms with Crippen LogP contribution in [0.25, 0.3) is 11.1 Å². The van der Waals surface area contributed by atoms with Gasteiger partial charge >= 0.3 is 0 Å². The van der Waals surface area contributed by atoms with Crippen molar-refractivity contribution >= 4 is 11.6 Å². The molecule has 0 heterocycles. The molecule has 0 fully saturated rings. The number of halogens is 2. The zero-order chi connectivity index (χ0) is 15.1. The highest BCUT2D eigenvalue weighted by atomic mass is 35.5. The maximum atomic E-state index is 13.8. The second kappa shape index (κ2) is 8.13. The van der Waals surface area contributed by atoms with E-state index >= 15 is 0 Å². The van der Waals surface area contributed by atoms with E-state index in [1.165, 1.54) is 6.07 Å². The Bertz CT molecular complexity index is 570. The second-order valence-corrected chi connectivity index (χ2v) is 5.03. The molecule has 0 radical (unpaired) electrons. The predicted molar refractivity (Wildman–Crippen MR) is 83.0 cm³/mol. The molecular weight excluding hydrogens is 291 g/mol. The molecule has 112 valence electrons. The van der Waals surface area contributed by atoms with Gasteiger partial charge in [0.15, 0.2) is 0 Å². The van der Waals surface area contributed by atoms with Crippen molar-refractivity contribution in [2.75, 3.05) is 20.0 Å². The zero-order valence-corrected chi connectivity index (χ0v) is 12.7. The highest BCUT2D eigenvalue weighted by Crippen LogP contribution is 2.26. The van der Waals surface area contributed by atoms with Gasteiger partial charge in [-0.05, 0) is 42.7 Å². The molecular formula is C17H18ClFO2. The Balaban J connectivity index is 1.97. The topological polar surface area (TPSA) is 18.5 Å². The van der Waals surface area contributed by atoms with Crippen LogP contribution in [0.5, 0.6) is 0 Å². The average molecular weight is 309 g/mol. The summed E-state index contributed by atoms with van der Waals surface area (Å²) in [5.41, 5.74) is 2.47. The van der Waals surface area contributed by atoms with Gasteiger partial charge in [0.25, 0.3) is 0 Å². The smallest absolute Gasteiger partial charge is 0.146 e. The Morgan fingerprint density at radius 2 is 1.81 bits per heavy atom. The summed E-state index contributed by atoms with van der Waals surface area (Å²) in [4.78, 5) is 0. The van der Waals surface area contributed by atoms with Crippen LogP contribution in [0, 0.1) is 5.82 Å². The molecule has 0 aliphatic heterocycles. The van der Waals surface area contributed by atoms with Gasteiger partial charge in [0, 0.05) is 17.2 Å². The van der Waals surface area contributed by atoms with Gasteiger partial charge in [-0.1, -0.05) is 35.9 Å². The molecule has 0 amide bonds. The lowest BCUT2D eigenvalue weighted by Gasteiger charge is -2.07. The van der Waals surface area contributed by atoms with Crippen molar-refractivity contribution in [1.29, 1.82) is 0 Å². The van der Waals surface area contributed by atoms with E-state index in [1.54, 1.807) is 12.1 Å². The van der Waals surface area contributed by atoms with E-state index in [1.807, 2.05) is 31.2 Å². The minimum absolute atomic E-state index is 0.271. The van der Waals surface area contributed by atoms with Crippen LogP contribution < -0.4 is 0 Å². The SMILES string of the molecule is CCOCOCCc1ccc(-c2cc(Cl)ccc2F)cc1. The standard InChI is InChI=1S/C17H18ClFO2/c1-2-20-12-21-10-9-13-3-5-14(6-4-13)16-11-15(18)7-8-17(16)19/h3-8,11H,2,9-10,12H2,1H3. The lowest BCUT2D eigenvalue weighted by atomic mass is 10.0. The Hall–Kier alpha value is -1.42. The molecule has 2 rings (SSSR count). The first-order valence-corrected chi connectivity index (χ1v) is 7.28. The molecule has 0 aliphatic carbocycles. The van der Waals surface area contributed by atoms with E-state index in [9.17, 15) is 4.39 Å². The third kappa shape index (κ3) is 4.81. The normalized spacial score (nSPS) is 10.8. The summed E-state index contributed by atoms with van der Waals surface area (Å²) in [5, 5.41) is 0.528. The van der Waals surface area contributed by atoms with Crippen LogP contribution in [0.2, 0.25) is 5.02 Å². The molecule has 2 aromatic carbocycles. The molecule has 0 N–H and O–H groups in total. The molecule has 0 bridgehead atoms. The number of rotatable bonds is 7. The van der Waals surface area contributed by atoms with E-state index < -0.39 is 0 Å². The van der Waals surface area contributed by atoms with Crippen LogP contribution in [0.1, 0.15) is 12.5 Å². The monoisotopic (exact) mass is 308 g/mol. The molecule has 0 atom stereocenters. The zero-order valence-electron chi connectivity index (χ0n) is 11.9. The Kier molecular flexibility index (Phi) is 6.18. The van der Waals surface area contributed by atoms with E-state index in [-0.39, 0.29) is 5.82 Å². The minimum Gasteiger partial charge on any atom is -0.356 e. The number of ether oxygens (including phenoxy) is 2. The fourth-order valence-corrected chi connectivity index (χ4v) is 2.13. The Labute approximate surface area is 129 Å². The maximum Gasteiger partial charge on any atom is 0.146 e. The Morgan fingerprint density at radius 1 is 1.05 bits per heavy atom. The largest absolute Gasteiger partial charge is 0.356 e.